The summed E-state index contributed by atoms with van der Waals surface area (Å²) in [6, 6.07) is 8.09. The molecule has 1 fully saturated rings. The van der Waals surface area contributed by atoms with E-state index in [9.17, 15) is 5.11 Å². The maximum atomic E-state index is 9.20. The van der Waals surface area contributed by atoms with Crippen molar-refractivity contribution in [2.24, 2.45) is 0 Å². The molecule has 1 aliphatic rings. The average molecular weight is 276 g/mol. The fraction of sp³-hybridized carbons (Fsp3) is 0.533. The van der Waals surface area contributed by atoms with Crippen molar-refractivity contribution in [3.05, 3.63) is 29.3 Å². The minimum absolute atomic E-state index is 0.0370. The van der Waals surface area contributed by atoms with E-state index in [1.165, 1.54) is 0 Å². The molecule has 1 saturated heterocycles. The van der Waals surface area contributed by atoms with E-state index in [4.69, 9.17) is 14.7 Å². The molecule has 2 unspecified atom stereocenters. The number of benzene rings is 1. The monoisotopic (exact) mass is 276 g/mol. The van der Waals surface area contributed by atoms with Gasteiger partial charge in [0.25, 0.3) is 0 Å². The molecule has 2 atom stereocenters. The smallest absolute Gasteiger partial charge is 0.136 e. The first-order valence-corrected chi connectivity index (χ1v) is 6.71. The highest BCUT2D eigenvalue weighted by molar-refractivity contribution is 5.45. The van der Waals surface area contributed by atoms with E-state index < -0.39 is 0 Å². The van der Waals surface area contributed by atoms with E-state index in [1.807, 2.05) is 18.2 Å². The van der Waals surface area contributed by atoms with Crippen molar-refractivity contribution in [3.8, 4) is 11.8 Å². The van der Waals surface area contributed by atoms with Crippen molar-refractivity contribution in [1.29, 1.82) is 5.26 Å². The molecular formula is C15H20N2O3. The van der Waals surface area contributed by atoms with E-state index in [2.05, 4.69) is 17.9 Å². The fourth-order valence-electron chi connectivity index (χ4n) is 2.38. The van der Waals surface area contributed by atoms with Gasteiger partial charge in [-0.1, -0.05) is 6.07 Å². The third kappa shape index (κ3) is 3.28. The van der Waals surface area contributed by atoms with Gasteiger partial charge in [-0.15, -0.1) is 0 Å². The van der Waals surface area contributed by atoms with Crippen molar-refractivity contribution >= 4 is 0 Å². The number of aliphatic hydroxyl groups excluding tert-OH is 1. The lowest BCUT2D eigenvalue weighted by atomic mass is 10.1. The Hall–Kier alpha value is -1.61. The van der Waals surface area contributed by atoms with Gasteiger partial charge in [0.15, 0.2) is 0 Å². The van der Waals surface area contributed by atoms with Gasteiger partial charge in [0, 0.05) is 19.1 Å². The van der Waals surface area contributed by atoms with Gasteiger partial charge in [0.05, 0.1) is 32.0 Å². The molecule has 0 bridgehead atoms. The predicted octanol–water partition coefficient (Wildman–Crippen LogP) is 1.15. The summed E-state index contributed by atoms with van der Waals surface area (Å²) >= 11 is 0. The number of hydrogen-bond donors (Lipinski definition) is 1. The molecule has 1 N–H and O–H groups in total. The Morgan fingerprint density at radius 3 is 3.00 bits per heavy atom. The zero-order chi connectivity index (χ0) is 14.5. The maximum Gasteiger partial charge on any atom is 0.136 e. The van der Waals surface area contributed by atoms with Crippen LogP contribution in [0, 0.1) is 11.3 Å². The van der Waals surface area contributed by atoms with Crippen LogP contribution in [0.2, 0.25) is 0 Å². The van der Waals surface area contributed by atoms with Gasteiger partial charge in [-0.3, -0.25) is 4.90 Å². The van der Waals surface area contributed by atoms with Crippen LogP contribution in [0.5, 0.6) is 5.75 Å². The first-order chi connectivity index (χ1) is 9.67. The molecule has 1 aliphatic heterocycles. The molecule has 1 aromatic rings. The van der Waals surface area contributed by atoms with Crippen LogP contribution in [-0.4, -0.2) is 49.0 Å². The molecule has 0 aliphatic carbocycles. The Morgan fingerprint density at radius 1 is 1.55 bits per heavy atom. The highest BCUT2D eigenvalue weighted by atomic mass is 16.5. The summed E-state index contributed by atoms with van der Waals surface area (Å²) in [6.07, 6.45) is -0.125. The normalized spacial score (nSPS) is 23.3. The zero-order valence-electron chi connectivity index (χ0n) is 11.9. The maximum absolute atomic E-state index is 9.20. The van der Waals surface area contributed by atoms with Crippen LogP contribution in [-0.2, 0) is 11.3 Å². The van der Waals surface area contributed by atoms with Crippen LogP contribution in [0.15, 0.2) is 18.2 Å². The molecule has 0 amide bonds. The molecule has 0 aromatic heterocycles. The molecule has 108 valence electrons. The molecule has 5 heteroatoms. The van der Waals surface area contributed by atoms with E-state index in [-0.39, 0.29) is 12.7 Å². The third-order valence-electron chi connectivity index (χ3n) is 3.61. The first-order valence-electron chi connectivity index (χ1n) is 6.71. The molecule has 0 spiro atoms. The highest BCUT2D eigenvalue weighted by Gasteiger charge is 2.25. The first kappa shape index (κ1) is 14.8. The standard InChI is InChI=1S/C15H20N2O3/c1-11-10-20-14(9-18)8-17(11)7-12-3-4-15(19-2)13(5-12)6-16/h3-5,11,14,18H,7-10H2,1-2H3. The second-order valence-corrected chi connectivity index (χ2v) is 5.06. The highest BCUT2D eigenvalue weighted by Crippen LogP contribution is 2.21. The van der Waals surface area contributed by atoms with Gasteiger partial charge < -0.3 is 14.6 Å². The lowest BCUT2D eigenvalue weighted by molar-refractivity contribution is -0.0805. The van der Waals surface area contributed by atoms with Gasteiger partial charge in [-0.2, -0.15) is 5.26 Å². The molecule has 0 radical (unpaired) electrons. The molecule has 0 saturated carbocycles. The molecule has 1 heterocycles. The number of morpholine rings is 1. The number of hydrogen-bond acceptors (Lipinski definition) is 5. The summed E-state index contributed by atoms with van der Waals surface area (Å²) in [6.45, 7) is 4.19. The molecule has 5 nitrogen and oxygen atoms in total. The van der Waals surface area contributed by atoms with Gasteiger partial charge >= 0.3 is 0 Å². The summed E-state index contributed by atoms with van der Waals surface area (Å²) in [5.74, 6) is 0.597. The van der Waals surface area contributed by atoms with Crippen LogP contribution in [0.3, 0.4) is 0 Å². The van der Waals surface area contributed by atoms with Gasteiger partial charge in [0.2, 0.25) is 0 Å². The third-order valence-corrected chi connectivity index (χ3v) is 3.61. The van der Waals surface area contributed by atoms with Crippen molar-refractivity contribution < 1.29 is 14.6 Å². The summed E-state index contributed by atoms with van der Waals surface area (Å²) in [4.78, 5) is 2.26. The summed E-state index contributed by atoms with van der Waals surface area (Å²) < 4.78 is 10.7. The van der Waals surface area contributed by atoms with Crippen LogP contribution in [0.1, 0.15) is 18.1 Å². The Morgan fingerprint density at radius 2 is 2.35 bits per heavy atom. The Balaban J connectivity index is 2.11. The lowest BCUT2D eigenvalue weighted by Gasteiger charge is -2.37. The largest absolute Gasteiger partial charge is 0.495 e. The van der Waals surface area contributed by atoms with E-state index >= 15 is 0 Å². The molecule has 20 heavy (non-hydrogen) atoms. The Kier molecular flexibility index (Phi) is 4.96. The number of methoxy groups -OCH3 is 1. The second-order valence-electron chi connectivity index (χ2n) is 5.06. The van der Waals surface area contributed by atoms with Gasteiger partial charge in [0.1, 0.15) is 11.8 Å². The molecular weight excluding hydrogens is 256 g/mol. The lowest BCUT2D eigenvalue weighted by Crippen LogP contribution is -2.48. The minimum Gasteiger partial charge on any atom is -0.495 e. The van der Waals surface area contributed by atoms with Crippen molar-refractivity contribution in [2.45, 2.75) is 25.6 Å². The number of ether oxygens (including phenoxy) is 2. The summed E-state index contributed by atoms with van der Waals surface area (Å²) in [5.41, 5.74) is 1.61. The Bertz CT molecular complexity index is 498. The summed E-state index contributed by atoms with van der Waals surface area (Å²) in [7, 11) is 1.56. The minimum atomic E-state index is -0.125. The fourth-order valence-corrected chi connectivity index (χ4v) is 2.38. The topological polar surface area (TPSA) is 65.7 Å². The predicted molar refractivity (Wildman–Crippen MR) is 74.4 cm³/mol. The molecule has 1 aromatic carbocycles. The summed E-state index contributed by atoms with van der Waals surface area (Å²) in [5, 5.41) is 18.3. The van der Waals surface area contributed by atoms with Crippen molar-refractivity contribution in [3.63, 3.8) is 0 Å². The van der Waals surface area contributed by atoms with E-state index in [0.29, 0.717) is 30.5 Å². The van der Waals surface area contributed by atoms with Crippen molar-refractivity contribution in [2.75, 3.05) is 26.9 Å². The van der Waals surface area contributed by atoms with Crippen LogP contribution in [0.25, 0.3) is 0 Å². The zero-order valence-corrected chi connectivity index (χ0v) is 11.9. The van der Waals surface area contributed by atoms with E-state index in [0.717, 1.165) is 12.1 Å². The van der Waals surface area contributed by atoms with E-state index in [1.54, 1.807) is 7.11 Å². The number of nitriles is 1. The number of nitrogens with zero attached hydrogens (tertiary/aromatic N) is 2. The average Bonchev–Trinajstić information content (AvgIpc) is 2.49. The quantitative estimate of drug-likeness (QED) is 0.893. The molecule has 2 rings (SSSR count). The van der Waals surface area contributed by atoms with Gasteiger partial charge in [-0.05, 0) is 24.6 Å². The van der Waals surface area contributed by atoms with Crippen molar-refractivity contribution in [1.82, 2.24) is 4.90 Å². The van der Waals surface area contributed by atoms with Crippen LogP contribution in [0.4, 0.5) is 0 Å². The van der Waals surface area contributed by atoms with Gasteiger partial charge in [-0.25, -0.2) is 0 Å². The number of rotatable bonds is 4. The van der Waals surface area contributed by atoms with Crippen LogP contribution < -0.4 is 4.74 Å². The second kappa shape index (κ2) is 6.71. The SMILES string of the molecule is COc1ccc(CN2CC(CO)OCC2C)cc1C#N. The van der Waals surface area contributed by atoms with Crippen LogP contribution >= 0.6 is 0 Å². The Labute approximate surface area is 119 Å². The number of aliphatic hydroxyl groups is 1.